The highest BCUT2D eigenvalue weighted by Gasteiger charge is 2.19. The summed E-state index contributed by atoms with van der Waals surface area (Å²) in [5.41, 5.74) is 1.44. The van der Waals surface area contributed by atoms with Crippen LogP contribution in [0.15, 0.2) is 51.7 Å². The number of imidazole rings is 1. The van der Waals surface area contributed by atoms with E-state index in [0.717, 1.165) is 5.52 Å². The molecule has 26 heavy (non-hydrogen) atoms. The molecule has 0 fully saturated rings. The number of fused-ring (bicyclic) bond motifs is 2. The van der Waals surface area contributed by atoms with Crippen molar-refractivity contribution in [1.82, 2.24) is 9.97 Å². The van der Waals surface area contributed by atoms with Crippen molar-refractivity contribution in [3.8, 4) is 17.1 Å². The fourth-order valence-electron chi connectivity index (χ4n) is 2.93. The number of phenolic OH excluding ortho intramolecular Hbond substituents is 1. The minimum Gasteiger partial charge on any atom is -0.550 e. The van der Waals surface area contributed by atoms with Gasteiger partial charge in [0.2, 0.25) is 5.43 Å². The summed E-state index contributed by atoms with van der Waals surface area (Å²) in [6.45, 7) is 0. The molecule has 2 aromatic carbocycles. The summed E-state index contributed by atoms with van der Waals surface area (Å²) in [7, 11) is 0. The predicted molar refractivity (Wildman–Crippen MR) is 92.6 cm³/mol. The molecule has 0 bridgehead atoms. The van der Waals surface area contributed by atoms with E-state index < -0.39 is 5.97 Å². The molecule has 0 saturated carbocycles. The first-order valence-electron chi connectivity index (χ1n) is 7.96. The lowest BCUT2D eigenvalue weighted by Crippen LogP contribution is -2.23. The maximum Gasteiger partial charge on any atom is 0.203 e. The van der Waals surface area contributed by atoms with Crippen molar-refractivity contribution >= 4 is 28.0 Å². The van der Waals surface area contributed by atoms with Gasteiger partial charge in [-0.25, -0.2) is 4.98 Å². The summed E-state index contributed by atoms with van der Waals surface area (Å²) in [6.07, 6.45) is -0.337. The molecule has 7 heteroatoms. The average molecular weight is 349 g/mol. The number of carbonyl (C=O) groups is 1. The largest absolute Gasteiger partial charge is 0.550 e. The fourth-order valence-corrected chi connectivity index (χ4v) is 2.93. The zero-order valence-electron chi connectivity index (χ0n) is 13.5. The Morgan fingerprint density at radius 1 is 1.23 bits per heavy atom. The third-order valence-electron chi connectivity index (χ3n) is 4.13. The Morgan fingerprint density at radius 2 is 2.04 bits per heavy atom. The van der Waals surface area contributed by atoms with Gasteiger partial charge in [-0.15, -0.1) is 0 Å². The number of aryl methyl sites for hydroxylation is 1. The maximum absolute atomic E-state index is 13.0. The molecular formula is C19H13N2O5-. The summed E-state index contributed by atoms with van der Waals surface area (Å²) in [6, 6.07) is 11.5. The van der Waals surface area contributed by atoms with E-state index in [-0.39, 0.29) is 46.3 Å². The number of benzene rings is 2. The highest BCUT2D eigenvalue weighted by molar-refractivity contribution is 5.85. The number of carboxylic acid groups (broad SMARTS) is 1. The first-order valence-corrected chi connectivity index (χ1v) is 7.96. The Kier molecular flexibility index (Phi) is 3.69. The Bertz CT molecular complexity index is 1170. The van der Waals surface area contributed by atoms with Gasteiger partial charge < -0.3 is 24.4 Å². The van der Waals surface area contributed by atoms with E-state index in [2.05, 4.69) is 9.97 Å². The van der Waals surface area contributed by atoms with Crippen molar-refractivity contribution in [3.05, 3.63) is 58.4 Å². The van der Waals surface area contributed by atoms with Crippen LogP contribution < -0.4 is 10.5 Å². The van der Waals surface area contributed by atoms with Crippen molar-refractivity contribution in [1.29, 1.82) is 0 Å². The van der Waals surface area contributed by atoms with E-state index in [1.165, 1.54) is 18.2 Å². The fraction of sp³-hybridized carbons (Fsp3) is 0.105. The number of aromatic nitrogens is 2. The molecule has 0 atom stereocenters. The number of nitrogens with zero attached hydrogens (tertiary/aromatic N) is 1. The topological polar surface area (TPSA) is 119 Å². The third-order valence-corrected chi connectivity index (χ3v) is 4.13. The van der Waals surface area contributed by atoms with Crippen LogP contribution in [0.2, 0.25) is 0 Å². The van der Waals surface area contributed by atoms with E-state index >= 15 is 0 Å². The second-order valence-electron chi connectivity index (χ2n) is 5.88. The van der Waals surface area contributed by atoms with E-state index in [1.54, 1.807) is 6.07 Å². The highest BCUT2D eigenvalue weighted by atomic mass is 16.4. The molecule has 7 nitrogen and oxygen atoms in total. The Labute approximate surface area is 146 Å². The normalized spacial score (nSPS) is 11.2. The van der Waals surface area contributed by atoms with Gasteiger partial charge in [-0.1, -0.05) is 12.1 Å². The maximum atomic E-state index is 13.0. The number of aromatic amines is 1. The minimum atomic E-state index is -1.25. The molecule has 0 aliphatic heterocycles. The van der Waals surface area contributed by atoms with Gasteiger partial charge in [0.1, 0.15) is 28.5 Å². The summed E-state index contributed by atoms with van der Waals surface area (Å²) in [5.74, 6) is -0.818. The lowest BCUT2D eigenvalue weighted by Gasteiger charge is -2.09. The van der Waals surface area contributed by atoms with E-state index in [0.29, 0.717) is 11.3 Å². The lowest BCUT2D eigenvalue weighted by molar-refractivity contribution is -0.305. The molecule has 2 N–H and O–H groups in total. The monoisotopic (exact) mass is 349 g/mol. The van der Waals surface area contributed by atoms with E-state index in [1.807, 2.05) is 18.2 Å². The Balaban J connectivity index is 1.99. The van der Waals surface area contributed by atoms with Crippen molar-refractivity contribution in [2.45, 2.75) is 12.8 Å². The van der Waals surface area contributed by atoms with Crippen LogP contribution in [0.1, 0.15) is 12.2 Å². The molecule has 0 saturated heterocycles. The molecule has 2 heterocycles. The van der Waals surface area contributed by atoms with Crippen LogP contribution in [0.5, 0.6) is 5.75 Å². The number of aromatic hydroxyl groups is 1. The Hall–Kier alpha value is -3.61. The summed E-state index contributed by atoms with van der Waals surface area (Å²) < 4.78 is 5.74. The van der Waals surface area contributed by atoms with Gasteiger partial charge in [0.05, 0.1) is 16.4 Å². The molecule has 0 unspecified atom stereocenters. The molecule has 0 spiro atoms. The third kappa shape index (κ3) is 2.69. The van der Waals surface area contributed by atoms with Gasteiger partial charge in [-0.05, 0) is 30.7 Å². The molecule has 4 aromatic rings. The van der Waals surface area contributed by atoms with Crippen LogP contribution in [0.25, 0.3) is 33.4 Å². The number of aliphatic carboxylic acids is 1. The highest BCUT2D eigenvalue weighted by Crippen LogP contribution is 2.27. The van der Waals surface area contributed by atoms with Crippen molar-refractivity contribution in [2.75, 3.05) is 0 Å². The molecular weight excluding hydrogens is 336 g/mol. The van der Waals surface area contributed by atoms with Crippen LogP contribution in [-0.2, 0) is 11.2 Å². The lowest BCUT2D eigenvalue weighted by atomic mass is 10.1. The van der Waals surface area contributed by atoms with Crippen LogP contribution in [0.3, 0.4) is 0 Å². The van der Waals surface area contributed by atoms with Crippen LogP contribution in [0.4, 0.5) is 0 Å². The van der Waals surface area contributed by atoms with Crippen molar-refractivity contribution in [3.63, 3.8) is 0 Å². The number of para-hydroxylation sites is 2. The summed E-state index contributed by atoms with van der Waals surface area (Å²) >= 11 is 0. The molecule has 0 amide bonds. The SMILES string of the molecule is O=C([O-])CCc1oc2cc(O)ccc2c(=O)c1-c1nc2ccccc2[nH]1. The number of carbonyl (C=O) groups excluding carboxylic acids is 1. The summed E-state index contributed by atoms with van der Waals surface area (Å²) in [5, 5.41) is 20.8. The van der Waals surface area contributed by atoms with Gasteiger partial charge >= 0.3 is 0 Å². The zero-order chi connectivity index (χ0) is 18.3. The number of nitrogens with one attached hydrogen (secondary N) is 1. The zero-order valence-corrected chi connectivity index (χ0v) is 13.5. The number of phenols is 1. The molecule has 0 aliphatic carbocycles. The number of rotatable bonds is 4. The second-order valence-corrected chi connectivity index (χ2v) is 5.88. The first-order chi connectivity index (χ1) is 12.5. The number of carboxylic acids is 1. The van der Waals surface area contributed by atoms with Gasteiger partial charge in [0.15, 0.2) is 0 Å². The number of hydrogen-bond acceptors (Lipinski definition) is 6. The van der Waals surface area contributed by atoms with Crippen LogP contribution in [0, 0.1) is 0 Å². The van der Waals surface area contributed by atoms with Gasteiger partial charge in [0.25, 0.3) is 0 Å². The first kappa shape index (κ1) is 15.9. The molecule has 4 rings (SSSR count). The van der Waals surface area contributed by atoms with Crippen LogP contribution >= 0.6 is 0 Å². The van der Waals surface area contributed by atoms with Crippen molar-refractivity contribution < 1.29 is 19.4 Å². The average Bonchev–Trinajstić information content (AvgIpc) is 3.03. The van der Waals surface area contributed by atoms with E-state index in [9.17, 15) is 19.8 Å². The second kappa shape index (κ2) is 6.03. The van der Waals surface area contributed by atoms with Gasteiger partial charge in [-0.3, -0.25) is 4.79 Å². The quantitative estimate of drug-likeness (QED) is 0.579. The minimum absolute atomic E-state index is 0.0322. The smallest absolute Gasteiger partial charge is 0.203 e. The standard InChI is InChI=1S/C19H14N2O5/c22-10-5-6-11-15(9-10)26-14(7-8-16(23)24)17(18(11)25)19-20-12-3-1-2-4-13(12)21-19/h1-6,9,22H,7-8H2,(H,20,21)(H,23,24)/p-1. The van der Waals surface area contributed by atoms with Crippen molar-refractivity contribution in [2.24, 2.45) is 0 Å². The van der Waals surface area contributed by atoms with Gasteiger partial charge in [0, 0.05) is 18.5 Å². The Morgan fingerprint density at radius 3 is 2.81 bits per heavy atom. The van der Waals surface area contributed by atoms with Crippen LogP contribution in [-0.4, -0.2) is 21.0 Å². The molecule has 2 aromatic heterocycles. The molecule has 0 radical (unpaired) electrons. The number of hydrogen-bond donors (Lipinski definition) is 2. The predicted octanol–water partition coefficient (Wildman–Crippen LogP) is 1.72. The van der Waals surface area contributed by atoms with Gasteiger partial charge in [-0.2, -0.15) is 0 Å². The molecule has 130 valence electrons. The molecule has 0 aliphatic rings. The summed E-state index contributed by atoms with van der Waals surface area (Å²) in [4.78, 5) is 31.4. The van der Waals surface area contributed by atoms with E-state index in [4.69, 9.17) is 4.42 Å². The number of H-pyrrole nitrogens is 1.